The summed E-state index contributed by atoms with van der Waals surface area (Å²) in [6.45, 7) is 5.34. The van der Waals surface area contributed by atoms with Crippen molar-refractivity contribution in [1.29, 1.82) is 5.26 Å². The Morgan fingerprint density at radius 1 is 1.07 bits per heavy atom. The summed E-state index contributed by atoms with van der Waals surface area (Å²) in [5.74, 6) is -0.211. The summed E-state index contributed by atoms with van der Waals surface area (Å²) >= 11 is 0. The molecule has 2 aromatic rings. The first-order valence-electron chi connectivity index (χ1n) is 8.63. The van der Waals surface area contributed by atoms with Crippen molar-refractivity contribution >= 4 is 17.6 Å². The van der Waals surface area contributed by atoms with Crippen LogP contribution in [0, 0.1) is 11.3 Å². The highest BCUT2D eigenvalue weighted by Crippen LogP contribution is 2.18. The van der Waals surface area contributed by atoms with E-state index in [2.05, 4.69) is 19.2 Å². The first-order valence-corrected chi connectivity index (χ1v) is 8.63. The van der Waals surface area contributed by atoms with E-state index in [4.69, 9.17) is 14.7 Å². The van der Waals surface area contributed by atoms with Gasteiger partial charge in [0.2, 0.25) is 0 Å². The molecule has 6 nitrogen and oxygen atoms in total. The molecule has 0 aliphatic heterocycles. The molecule has 1 N–H and O–H groups in total. The second-order valence-corrected chi connectivity index (χ2v) is 6.29. The lowest BCUT2D eigenvalue weighted by Gasteiger charge is -2.14. The van der Waals surface area contributed by atoms with E-state index in [1.807, 2.05) is 18.2 Å². The van der Waals surface area contributed by atoms with Crippen molar-refractivity contribution in [2.24, 2.45) is 0 Å². The number of hydrogen-bond acceptors (Lipinski definition) is 5. The van der Waals surface area contributed by atoms with Crippen molar-refractivity contribution < 1.29 is 19.1 Å². The van der Waals surface area contributed by atoms with E-state index in [1.54, 1.807) is 36.4 Å². The molecule has 0 saturated carbocycles. The number of nitrogens with one attached hydrogen (secondary N) is 1. The van der Waals surface area contributed by atoms with Gasteiger partial charge in [-0.25, -0.2) is 4.79 Å². The van der Waals surface area contributed by atoms with E-state index in [-0.39, 0.29) is 6.61 Å². The van der Waals surface area contributed by atoms with E-state index < -0.39 is 18.0 Å². The fourth-order valence-corrected chi connectivity index (χ4v) is 2.30. The number of nitrogens with zero attached hydrogens (tertiary/aromatic N) is 1. The Hall–Kier alpha value is -3.33. The molecule has 0 saturated heterocycles. The molecule has 0 spiro atoms. The molecule has 0 aliphatic rings. The molecule has 27 heavy (non-hydrogen) atoms. The first kappa shape index (κ1) is 20.0. The molecule has 0 radical (unpaired) electrons. The second kappa shape index (κ2) is 9.39. The van der Waals surface area contributed by atoms with E-state index in [1.165, 1.54) is 12.5 Å². The third kappa shape index (κ3) is 5.86. The van der Waals surface area contributed by atoms with Crippen molar-refractivity contribution in [2.75, 3.05) is 11.9 Å². The van der Waals surface area contributed by atoms with Gasteiger partial charge < -0.3 is 14.8 Å². The predicted octanol–water partition coefficient (Wildman–Crippen LogP) is 3.63. The second-order valence-electron chi connectivity index (χ2n) is 6.29. The Morgan fingerprint density at radius 3 is 2.37 bits per heavy atom. The highest BCUT2D eigenvalue weighted by atomic mass is 16.6. The van der Waals surface area contributed by atoms with Crippen molar-refractivity contribution in [2.45, 2.75) is 32.8 Å². The van der Waals surface area contributed by atoms with E-state index in [0.29, 0.717) is 22.9 Å². The zero-order valence-electron chi connectivity index (χ0n) is 15.6. The SMILES string of the molecule is CC(C)c1ccc(OCC(=O)O[C@H](C)C(=O)Nc2ccccc2C#N)cc1. The standard InChI is InChI=1S/C21H22N2O4/c1-14(2)16-8-10-18(11-9-16)26-13-20(24)27-15(3)21(25)23-19-7-5-4-6-17(19)12-22/h4-11,14-15H,13H2,1-3H3,(H,23,25)/t15-/m1/s1. The zero-order valence-corrected chi connectivity index (χ0v) is 15.6. The first-order chi connectivity index (χ1) is 12.9. The van der Waals surface area contributed by atoms with Gasteiger partial charge in [0.25, 0.3) is 5.91 Å². The van der Waals surface area contributed by atoms with Crippen LogP contribution in [-0.4, -0.2) is 24.6 Å². The number of amides is 1. The molecule has 0 aliphatic carbocycles. The monoisotopic (exact) mass is 366 g/mol. The summed E-state index contributed by atoms with van der Waals surface area (Å²) in [7, 11) is 0. The van der Waals surface area contributed by atoms with Crippen molar-refractivity contribution in [1.82, 2.24) is 0 Å². The third-order valence-corrected chi connectivity index (χ3v) is 3.89. The highest BCUT2D eigenvalue weighted by Gasteiger charge is 2.19. The molecule has 6 heteroatoms. The number of esters is 1. The van der Waals surface area contributed by atoms with Crippen LogP contribution in [0.2, 0.25) is 0 Å². The van der Waals surface area contributed by atoms with Gasteiger partial charge in [0.15, 0.2) is 12.7 Å². The summed E-state index contributed by atoms with van der Waals surface area (Å²) in [4.78, 5) is 24.1. The quantitative estimate of drug-likeness (QED) is 0.756. The number of benzene rings is 2. The Morgan fingerprint density at radius 2 is 1.74 bits per heavy atom. The van der Waals surface area contributed by atoms with E-state index >= 15 is 0 Å². The molecule has 0 bridgehead atoms. The third-order valence-electron chi connectivity index (χ3n) is 3.89. The van der Waals surface area contributed by atoms with Crippen LogP contribution in [0.3, 0.4) is 0 Å². The minimum atomic E-state index is -1.02. The summed E-state index contributed by atoms with van der Waals surface area (Å²) in [5, 5.41) is 11.6. The van der Waals surface area contributed by atoms with Gasteiger partial charge in [-0.15, -0.1) is 0 Å². The maximum absolute atomic E-state index is 12.2. The van der Waals surface area contributed by atoms with Gasteiger partial charge in [-0.05, 0) is 42.7 Å². The Kier molecular flexibility index (Phi) is 6.95. The largest absolute Gasteiger partial charge is 0.482 e. The van der Waals surface area contributed by atoms with Crippen LogP contribution >= 0.6 is 0 Å². The lowest BCUT2D eigenvalue weighted by molar-refractivity contribution is -0.155. The summed E-state index contributed by atoms with van der Waals surface area (Å²) in [6, 6.07) is 16.0. The maximum atomic E-state index is 12.2. The predicted molar refractivity (Wildman–Crippen MR) is 101 cm³/mol. The van der Waals surface area contributed by atoms with Crippen LogP contribution < -0.4 is 10.1 Å². The normalized spacial score (nSPS) is 11.4. The van der Waals surface area contributed by atoms with Crippen molar-refractivity contribution in [3.05, 3.63) is 59.7 Å². The van der Waals surface area contributed by atoms with Crippen molar-refractivity contribution in [3.8, 4) is 11.8 Å². The van der Waals surface area contributed by atoms with E-state index in [9.17, 15) is 9.59 Å². The molecule has 1 atom stereocenters. The minimum absolute atomic E-state index is 0.298. The summed E-state index contributed by atoms with van der Waals surface area (Å²) < 4.78 is 10.5. The number of carbonyl (C=O) groups is 2. The fourth-order valence-electron chi connectivity index (χ4n) is 2.30. The number of hydrogen-bond donors (Lipinski definition) is 1. The van der Waals surface area contributed by atoms with Gasteiger partial charge in [0.1, 0.15) is 11.8 Å². The highest BCUT2D eigenvalue weighted by molar-refractivity contribution is 5.96. The van der Waals surface area contributed by atoms with Crippen LogP contribution in [-0.2, 0) is 14.3 Å². The zero-order chi connectivity index (χ0) is 19.8. The molecule has 140 valence electrons. The van der Waals surface area contributed by atoms with Crippen LogP contribution in [0.5, 0.6) is 5.75 Å². The Balaban J connectivity index is 1.84. The van der Waals surface area contributed by atoms with Gasteiger partial charge in [-0.3, -0.25) is 4.79 Å². The average Bonchev–Trinajstić information content (AvgIpc) is 2.67. The van der Waals surface area contributed by atoms with Crippen molar-refractivity contribution in [3.63, 3.8) is 0 Å². The molecule has 0 aromatic heterocycles. The molecule has 1 amide bonds. The van der Waals surface area contributed by atoms with Gasteiger partial charge in [0.05, 0.1) is 11.3 Å². The maximum Gasteiger partial charge on any atom is 0.344 e. The van der Waals surface area contributed by atoms with Gasteiger partial charge in [-0.1, -0.05) is 38.1 Å². The number of nitriles is 1. The summed E-state index contributed by atoms with van der Waals surface area (Å²) in [5.41, 5.74) is 1.87. The molecule has 0 unspecified atom stereocenters. The van der Waals surface area contributed by atoms with Gasteiger partial charge in [0, 0.05) is 0 Å². The molecular formula is C21H22N2O4. The van der Waals surface area contributed by atoms with E-state index in [0.717, 1.165) is 0 Å². The molecular weight excluding hydrogens is 344 g/mol. The number of anilines is 1. The Bertz CT molecular complexity index is 838. The number of carbonyl (C=O) groups excluding carboxylic acids is 2. The number of ether oxygens (including phenoxy) is 2. The fraction of sp³-hybridized carbons (Fsp3) is 0.286. The Labute approximate surface area is 158 Å². The smallest absolute Gasteiger partial charge is 0.344 e. The lowest BCUT2D eigenvalue weighted by Crippen LogP contribution is -2.31. The van der Waals surface area contributed by atoms with Crippen LogP contribution in [0.4, 0.5) is 5.69 Å². The van der Waals surface area contributed by atoms with Crippen LogP contribution in [0.15, 0.2) is 48.5 Å². The van der Waals surface area contributed by atoms with Crippen LogP contribution in [0.25, 0.3) is 0 Å². The lowest BCUT2D eigenvalue weighted by atomic mass is 10.0. The summed E-state index contributed by atoms with van der Waals surface area (Å²) in [6.07, 6.45) is -1.02. The molecule has 2 aromatic carbocycles. The molecule has 2 rings (SSSR count). The minimum Gasteiger partial charge on any atom is -0.482 e. The topological polar surface area (TPSA) is 88.4 Å². The van der Waals surface area contributed by atoms with Crippen LogP contribution in [0.1, 0.15) is 37.8 Å². The van der Waals surface area contributed by atoms with Gasteiger partial charge >= 0.3 is 5.97 Å². The number of rotatable bonds is 7. The van der Waals surface area contributed by atoms with Gasteiger partial charge in [-0.2, -0.15) is 5.26 Å². The molecule has 0 fully saturated rings. The average molecular weight is 366 g/mol. The molecule has 0 heterocycles. The number of para-hydroxylation sites is 1.